The fourth-order valence-electron chi connectivity index (χ4n) is 2.26. The molecule has 0 saturated carbocycles. The zero-order valence-corrected chi connectivity index (χ0v) is 15.8. The van der Waals surface area contributed by atoms with E-state index in [9.17, 15) is 9.90 Å². The van der Waals surface area contributed by atoms with Crippen LogP contribution in [0.1, 0.15) is 27.7 Å². The average molecular weight is 350 g/mol. The second-order valence-electron chi connectivity index (χ2n) is 7.17. The number of allylic oxidation sites excluding steroid dienone is 4. The van der Waals surface area contributed by atoms with Gasteiger partial charge in [-0.1, -0.05) is 42.9 Å². The van der Waals surface area contributed by atoms with Crippen molar-refractivity contribution in [1.82, 2.24) is 4.57 Å². The van der Waals surface area contributed by atoms with Crippen LogP contribution in [0.2, 0.25) is 0 Å². The van der Waals surface area contributed by atoms with Crippen molar-refractivity contribution < 1.29 is 9.76 Å². The molecule has 4 nitrogen and oxygen atoms in total. The first-order chi connectivity index (χ1) is 12.1. The SMILES string of the molecule is C=C/C=C(\C=C)n1ccc2ccc([B]OC(C)(C)C(C)(C)O)cc2c1=O. The van der Waals surface area contributed by atoms with E-state index in [1.165, 1.54) is 4.57 Å². The van der Waals surface area contributed by atoms with E-state index in [0.717, 1.165) is 10.8 Å². The number of aliphatic hydroxyl groups is 1. The number of aromatic nitrogens is 1. The Morgan fingerprint density at radius 1 is 1.23 bits per heavy atom. The first-order valence-corrected chi connectivity index (χ1v) is 8.45. The van der Waals surface area contributed by atoms with Crippen molar-refractivity contribution in [3.63, 3.8) is 0 Å². The molecule has 0 spiro atoms. The van der Waals surface area contributed by atoms with Gasteiger partial charge in [0, 0.05) is 17.3 Å². The van der Waals surface area contributed by atoms with Crippen LogP contribution < -0.4 is 11.0 Å². The van der Waals surface area contributed by atoms with Gasteiger partial charge < -0.3 is 9.76 Å². The van der Waals surface area contributed by atoms with Crippen molar-refractivity contribution >= 4 is 29.4 Å². The van der Waals surface area contributed by atoms with Crippen LogP contribution in [0, 0.1) is 0 Å². The number of hydrogen-bond donors (Lipinski definition) is 1. The second kappa shape index (κ2) is 7.48. The Hall–Kier alpha value is -2.37. The third kappa shape index (κ3) is 4.06. The lowest BCUT2D eigenvalue weighted by Crippen LogP contribution is -2.49. The highest BCUT2D eigenvalue weighted by atomic mass is 16.5. The van der Waals surface area contributed by atoms with Crippen LogP contribution >= 0.6 is 0 Å². The highest BCUT2D eigenvalue weighted by Crippen LogP contribution is 2.24. The minimum Gasteiger partial charge on any atom is -0.427 e. The van der Waals surface area contributed by atoms with Gasteiger partial charge in [0.1, 0.15) is 0 Å². The Labute approximate surface area is 155 Å². The van der Waals surface area contributed by atoms with E-state index in [1.54, 1.807) is 51.8 Å². The fourth-order valence-corrected chi connectivity index (χ4v) is 2.26. The number of rotatable bonds is 7. The van der Waals surface area contributed by atoms with E-state index in [4.69, 9.17) is 4.65 Å². The molecule has 1 aromatic carbocycles. The van der Waals surface area contributed by atoms with Crippen LogP contribution in [-0.4, -0.2) is 28.4 Å². The third-order valence-electron chi connectivity index (χ3n) is 4.67. The third-order valence-corrected chi connectivity index (χ3v) is 4.67. The molecule has 0 amide bonds. The van der Waals surface area contributed by atoms with Gasteiger partial charge in [0.25, 0.3) is 5.56 Å². The van der Waals surface area contributed by atoms with Crippen LogP contribution in [0.3, 0.4) is 0 Å². The summed E-state index contributed by atoms with van der Waals surface area (Å²) in [5, 5.41) is 11.6. The topological polar surface area (TPSA) is 51.5 Å². The van der Waals surface area contributed by atoms with Crippen LogP contribution in [0.15, 0.2) is 66.6 Å². The standard InChI is InChI=1S/C21H25BNO3/c1-7-9-17(8-2)23-13-12-15-10-11-16(14-18(15)19(23)24)22-26-21(5,6)20(3,4)25/h7-14,25H,1-2H2,3-6H3/b17-9+. The van der Waals surface area contributed by atoms with Gasteiger partial charge in [-0.25, -0.2) is 0 Å². The zero-order chi connectivity index (χ0) is 19.5. The number of fused-ring (bicyclic) bond motifs is 1. The number of pyridine rings is 1. The summed E-state index contributed by atoms with van der Waals surface area (Å²) in [7, 11) is 1.57. The molecule has 0 saturated heterocycles. The van der Waals surface area contributed by atoms with Crippen molar-refractivity contribution in [1.29, 1.82) is 0 Å². The number of hydrogen-bond acceptors (Lipinski definition) is 3. The van der Waals surface area contributed by atoms with Crippen LogP contribution in [0.4, 0.5) is 0 Å². The molecule has 1 aromatic heterocycles. The number of nitrogens with zero attached hydrogens (tertiary/aromatic N) is 1. The fraction of sp³-hybridized carbons (Fsp3) is 0.286. The smallest absolute Gasteiger partial charge is 0.330 e. The first-order valence-electron chi connectivity index (χ1n) is 8.45. The molecule has 0 aliphatic rings. The minimum absolute atomic E-state index is 0.146. The number of benzene rings is 1. The summed E-state index contributed by atoms with van der Waals surface area (Å²) in [6.45, 7) is 14.4. The van der Waals surface area contributed by atoms with E-state index in [0.29, 0.717) is 11.1 Å². The Morgan fingerprint density at radius 2 is 1.92 bits per heavy atom. The summed E-state index contributed by atoms with van der Waals surface area (Å²) in [6, 6.07) is 7.41. The Kier molecular flexibility index (Phi) is 5.74. The maximum Gasteiger partial charge on any atom is 0.330 e. The summed E-state index contributed by atoms with van der Waals surface area (Å²) in [5.74, 6) is 0. The summed E-state index contributed by atoms with van der Waals surface area (Å²) in [4.78, 5) is 12.9. The van der Waals surface area contributed by atoms with Crippen LogP contribution in [0.25, 0.3) is 16.5 Å². The lowest BCUT2D eigenvalue weighted by molar-refractivity contribution is -0.0893. The van der Waals surface area contributed by atoms with Gasteiger partial charge >= 0.3 is 7.48 Å². The van der Waals surface area contributed by atoms with Crippen molar-refractivity contribution in [2.75, 3.05) is 0 Å². The molecule has 1 N–H and O–H groups in total. The molecule has 0 fully saturated rings. The summed E-state index contributed by atoms with van der Waals surface area (Å²) >= 11 is 0. The van der Waals surface area contributed by atoms with Crippen LogP contribution in [-0.2, 0) is 4.65 Å². The molecule has 135 valence electrons. The molecule has 1 heterocycles. The normalized spacial score (nSPS) is 12.9. The van der Waals surface area contributed by atoms with Crippen molar-refractivity contribution in [3.8, 4) is 0 Å². The molecular weight excluding hydrogens is 325 g/mol. The predicted octanol–water partition coefficient (Wildman–Crippen LogP) is 3.03. The highest BCUT2D eigenvalue weighted by Gasteiger charge is 2.35. The Balaban J connectivity index is 2.42. The van der Waals surface area contributed by atoms with Crippen molar-refractivity contribution in [3.05, 3.63) is 72.2 Å². The maximum atomic E-state index is 12.9. The lowest BCUT2D eigenvalue weighted by Gasteiger charge is -2.37. The van der Waals surface area contributed by atoms with Gasteiger partial charge in [0.05, 0.1) is 11.2 Å². The van der Waals surface area contributed by atoms with Gasteiger partial charge in [-0.2, -0.15) is 0 Å². The van der Waals surface area contributed by atoms with E-state index in [2.05, 4.69) is 13.2 Å². The summed E-state index contributed by atoms with van der Waals surface area (Å²) in [5.41, 5.74) is -0.533. The molecule has 0 unspecified atom stereocenters. The van der Waals surface area contributed by atoms with Gasteiger partial charge in [-0.3, -0.25) is 9.36 Å². The molecule has 0 aliphatic heterocycles. The monoisotopic (exact) mass is 350 g/mol. The Morgan fingerprint density at radius 3 is 2.50 bits per heavy atom. The molecule has 2 rings (SSSR count). The van der Waals surface area contributed by atoms with Crippen molar-refractivity contribution in [2.45, 2.75) is 38.9 Å². The Bertz CT molecular complexity index is 917. The van der Waals surface area contributed by atoms with Gasteiger partial charge in [-0.15, -0.1) is 0 Å². The van der Waals surface area contributed by atoms with E-state index in [1.807, 2.05) is 32.0 Å². The molecule has 2 aromatic rings. The maximum absolute atomic E-state index is 12.9. The van der Waals surface area contributed by atoms with Gasteiger partial charge in [-0.05, 0) is 51.3 Å². The molecule has 0 atom stereocenters. The first kappa shape index (κ1) is 20.0. The quantitative estimate of drug-likeness (QED) is 0.617. The van der Waals surface area contributed by atoms with E-state index >= 15 is 0 Å². The molecule has 0 bridgehead atoms. The summed E-state index contributed by atoms with van der Waals surface area (Å²) < 4.78 is 7.31. The predicted molar refractivity (Wildman–Crippen MR) is 110 cm³/mol. The molecule has 1 radical (unpaired) electrons. The van der Waals surface area contributed by atoms with E-state index < -0.39 is 11.2 Å². The summed E-state index contributed by atoms with van der Waals surface area (Å²) in [6.07, 6.45) is 6.67. The highest BCUT2D eigenvalue weighted by molar-refractivity contribution is 6.47. The lowest BCUT2D eigenvalue weighted by atomic mass is 9.82. The second-order valence-corrected chi connectivity index (χ2v) is 7.17. The molecule has 5 heteroatoms. The molecule has 26 heavy (non-hydrogen) atoms. The molecular formula is C21H25BNO3. The molecule has 0 aliphatic carbocycles. The van der Waals surface area contributed by atoms with Gasteiger partial charge in [0.15, 0.2) is 0 Å². The van der Waals surface area contributed by atoms with Crippen LogP contribution in [0.5, 0.6) is 0 Å². The minimum atomic E-state index is -1.01. The average Bonchev–Trinajstić information content (AvgIpc) is 2.58. The van der Waals surface area contributed by atoms with E-state index in [-0.39, 0.29) is 5.56 Å². The largest absolute Gasteiger partial charge is 0.427 e. The zero-order valence-electron chi connectivity index (χ0n) is 15.8. The van der Waals surface area contributed by atoms with Gasteiger partial charge in [0.2, 0.25) is 0 Å². The van der Waals surface area contributed by atoms with Crippen molar-refractivity contribution in [2.24, 2.45) is 0 Å².